The highest BCUT2D eigenvalue weighted by Gasteiger charge is 2.22. The third kappa shape index (κ3) is 8.01. The number of benzene rings is 3. The molecule has 10 nitrogen and oxygen atoms in total. The molecule has 0 aromatic heterocycles. The molecule has 1 fully saturated rings. The number of carbonyl (C=O) groups is 1. The summed E-state index contributed by atoms with van der Waals surface area (Å²) in [6.45, 7) is 0.495. The van der Waals surface area contributed by atoms with Gasteiger partial charge in [0, 0.05) is 31.4 Å². The Morgan fingerprint density at radius 1 is 0.902 bits per heavy atom. The molecule has 0 atom stereocenters. The fourth-order valence-corrected chi connectivity index (χ4v) is 6.08. The number of anilines is 2. The Kier molecular flexibility index (Phi) is 9.90. The molecular weight excluding hydrogens is 551 g/mol. The van der Waals surface area contributed by atoms with E-state index in [1.807, 2.05) is 0 Å². The molecule has 0 saturated heterocycles. The van der Waals surface area contributed by atoms with Gasteiger partial charge in [0.25, 0.3) is 5.69 Å². The van der Waals surface area contributed by atoms with Crippen LogP contribution < -0.4 is 15.4 Å². The second-order valence-corrected chi connectivity index (χ2v) is 11.8. The van der Waals surface area contributed by atoms with E-state index >= 15 is 0 Å². The summed E-state index contributed by atoms with van der Waals surface area (Å²) in [6.07, 6.45) is 6.91. The highest BCUT2D eigenvalue weighted by atomic mass is 32.2. The van der Waals surface area contributed by atoms with Gasteiger partial charge in [0.15, 0.2) is 0 Å². The summed E-state index contributed by atoms with van der Waals surface area (Å²) < 4.78 is 41.5. The van der Waals surface area contributed by atoms with Crippen molar-refractivity contribution in [3.63, 3.8) is 0 Å². The molecular formula is C29H33FN4O6S. The Bertz CT molecular complexity index is 1490. The number of nitro groups is 1. The van der Waals surface area contributed by atoms with Crippen LogP contribution in [0.5, 0.6) is 0 Å². The number of rotatable bonds is 13. The lowest BCUT2D eigenvalue weighted by Gasteiger charge is -2.21. The molecule has 1 saturated carbocycles. The smallest absolute Gasteiger partial charge is 0.337 e. The van der Waals surface area contributed by atoms with Crippen molar-refractivity contribution in [2.24, 2.45) is 5.92 Å². The van der Waals surface area contributed by atoms with Crippen LogP contribution in [0.15, 0.2) is 65.6 Å². The maximum atomic E-state index is 13.3. The Hall–Kier alpha value is -4.03. The maximum Gasteiger partial charge on any atom is 0.337 e. The molecule has 1 aliphatic carbocycles. The molecule has 0 radical (unpaired) electrons. The summed E-state index contributed by atoms with van der Waals surface area (Å²) in [4.78, 5) is 22.5. The van der Waals surface area contributed by atoms with E-state index < -0.39 is 26.7 Å². The summed E-state index contributed by atoms with van der Waals surface area (Å²) in [6, 6.07) is 14.1. The molecule has 0 heterocycles. The minimum atomic E-state index is -4.08. The van der Waals surface area contributed by atoms with Gasteiger partial charge in [0.2, 0.25) is 10.0 Å². The monoisotopic (exact) mass is 584 g/mol. The van der Waals surface area contributed by atoms with Crippen molar-refractivity contribution < 1.29 is 27.6 Å². The molecule has 4 rings (SSSR count). The topological polar surface area (TPSA) is 151 Å². The van der Waals surface area contributed by atoms with Crippen LogP contribution in [0.3, 0.4) is 0 Å². The average Bonchev–Trinajstić information content (AvgIpc) is 2.96. The van der Waals surface area contributed by atoms with Gasteiger partial charge in [0.1, 0.15) is 11.5 Å². The second kappa shape index (κ2) is 13.6. The van der Waals surface area contributed by atoms with Crippen molar-refractivity contribution in [1.82, 2.24) is 4.72 Å². The zero-order valence-corrected chi connectivity index (χ0v) is 23.3. The number of hydrogen-bond donors (Lipinski definition) is 4. The summed E-state index contributed by atoms with van der Waals surface area (Å²) in [5, 5.41) is 27.3. The summed E-state index contributed by atoms with van der Waals surface area (Å²) in [5.41, 5.74) is 1.53. The van der Waals surface area contributed by atoms with Crippen molar-refractivity contribution >= 4 is 33.1 Å². The number of nitrogens with zero attached hydrogens (tertiary/aromatic N) is 1. The fraction of sp³-hybridized carbons (Fsp3) is 0.345. The van der Waals surface area contributed by atoms with Gasteiger partial charge in [-0.3, -0.25) is 10.1 Å². The lowest BCUT2D eigenvalue weighted by Crippen LogP contribution is -2.29. The lowest BCUT2D eigenvalue weighted by atomic mass is 9.87. The SMILES string of the molecule is O=C(O)c1ccc(-c2ccc(F)cc2)cc1NCCNS(=O)(=O)c1ccc(NCCC2CCCCC2)c([N+](=O)[O-])c1. The van der Waals surface area contributed by atoms with E-state index in [2.05, 4.69) is 15.4 Å². The van der Waals surface area contributed by atoms with E-state index in [1.165, 1.54) is 62.4 Å². The first kappa shape index (κ1) is 29.9. The number of hydrogen-bond acceptors (Lipinski definition) is 7. The first-order valence-corrected chi connectivity index (χ1v) is 15.0. The van der Waals surface area contributed by atoms with Crippen molar-refractivity contribution in [1.29, 1.82) is 0 Å². The zero-order valence-electron chi connectivity index (χ0n) is 22.4. The normalized spacial score (nSPS) is 14.0. The van der Waals surface area contributed by atoms with Crippen molar-refractivity contribution in [3.8, 4) is 11.1 Å². The molecule has 3 aromatic rings. The summed E-state index contributed by atoms with van der Waals surface area (Å²) >= 11 is 0. The predicted molar refractivity (Wildman–Crippen MR) is 155 cm³/mol. The molecule has 0 unspecified atom stereocenters. The van der Waals surface area contributed by atoms with Crippen LogP contribution in [0.4, 0.5) is 21.5 Å². The largest absolute Gasteiger partial charge is 0.478 e. The van der Waals surface area contributed by atoms with E-state index in [-0.39, 0.29) is 40.6 Å². The maximum absolute atomic E-state index is 13.3. The molecule has 3 aromatic carbocycles. The fourth-order valence-electron chi connectivity index (χ4n) is 5.03. The zero-order chi connectivity index (χ0) is 29.4. The van der Waals surface area contributed by atoms with Crippen LogP contribution in [0.2, 0.25) is 0 Å². The summed E-state index contributed by atoms with van der Waals surface area (Å²) in [5.74, 6) is -0.962. The molecule has 41 heavy (non-hydrogen) atoms. The first-order chi connectivity index (χ1) is 19.6. The number of carboxylic acids is 1. The lowest BCUT2D eigenvalue weighted by molar-refractivity contribution is -0.384. The number of halogens is 1. The molecule has 0 spiro atoms. The molecule has 0 aliphatic heterocycles. The van der Waals surface area contributed by atoms with Crippen molar-refractivity contribution in [2.45, 2.75) is 43.4 Å². The van der Waals surface area contributed by atoms with Gasteiger partial charge in [0.05, 0.1) is 15.4 Å². The number of sulfonamides is 1. The van der Waals surface area contributed by atoms with Gasteiger partial charge in [-0.1, -0.05) is 50.3 Å². The van der Waals surface area contributed by atoms with Crippen LogP contribution in [-0.2, 0) is 10.0 Å². The number of nitro benzene ring substituents is 1. The minimum absolute atomic E-state index is 0.0130. The molecule has 12 heteroatoms. The van der Waals surface area contributed by atoms with E-state index in [0.717, 1.165) is 12.5 Å². The van der Waals surface area contributed by atoms with Crippen LogP contribution in [0.1, 0.15) is 48.9 Å². The highest BCUT2D eigenvalue weighted by molar-refractivity contribution is 7.89. The molecule has 4 N–H and O–H groups in total. The van der Waals surface area contributed by atoms with Crippen molar-refractivity contribution in [3.05, 3.63) is 82.2 Å². The van der Waals surface area contributed by atoms with Crippen LogP contribution in [0.25, 0.3) is 11.1 Å². The first-order valence-electron chi connectivity index (χ1n) is 13.5. The summed E-state index contributed by atoms with van der Waals surface area (Å²) in [7, 11) is -4.08. The molecule has 1 aliphatic rings. The highest BCUT2D eigenvalue weighted by Crippen LogP contribution is 2.30. The van der Waals surface area contributed by atoms with Gasteiger partial charge >= 0.3 is 5.97 Å². The standard InChI is InChI=1S/C29H33FN4O6S/c30-23-9-6-21(7-10-23)22-8-12-25(29(35)36)27(18-22)32-16-17-33-41(39,40)24-11-13-26(28(19-24)34(37)38)31-15-14-20-4-2-1-3-5-20/h6-13,18-20,31-33H,1-5,14-17H2,(H,35,36). The minimum Gasteiger partial charge on any atom is -0.478 e. The quantitative estimate of drug-likeness (QED) is 0.111. The van der Waals surface area contributed by atoms with Crippen LogP contribution >= 0.6 is 0 Å². The molecule has 0 amide bonds. The van der Waals surface area contributed by atoms with E-state index in [0.29, 0.717) is 23.6 Å². The Labute approximate surface area is 238 Å². The van der Waals surface area contributed by atoms with Crippen LogP contribution in [0, 0.1) is 21.8 Å². The average molecular weight is 585 g/mol. The predicted octanol–water partition coefficient (Wildman–Crippen LogP) is 5.87. The third-order valence-electron chi connectivity index (χ3n) is 7.23. The molecule has 0 bridgehead atoms. The third-order valence-corrected chi connectivity index (χ3v) is 8.69. The Morgan fingerprint density at radius 3 is 2.27 bits per heavy atom. The number of nitrogens with one attached hydrogen (secondary N) is 3. The van der Waals surface area contributed by atoms with E-state index in [1.54, 1.807) is 24.3 Å². The van der Waals surface area contributed by atoms with Gasteiger partial charge in [-0.05, 0) is 59.9 Å². The van der Waals surface area contributed by atoms with Crippen molar-refractivity contribution in [2.75, 3.05) is 30.3 Å². The van der Waals surface area contributed by atoms with Gasteiger partial charge < -0.3 is 15.7 Å². The second-order valence-electron chi connectivity index (χ2n) is 10.1. The molecule has 218 valence electrons. The van der Waals surface area contributed by atoms with Gasteiger partial charge in [-0.15, -0.1) is 0 Å². The number of aromatic carboxylic acids is 1. The van der Waals surface area contributed by atoms with Gasteiger partial charge in [-0.2, -0.15) is 0 Å². The van der Waals surface area contributed by atoms with E-state index in [4.69, 9.17) is 0 Å². The number of carboxylic acid groups (broad SMARTS) is 1. The van der Waals surface area contributed by atoms with Crippen LogP contribution in [-0.4, -0.2) is 44.1 Å². The Morgan fingerprint density at radius 2 is 1.59 bits per heavy atom. The van der Waals surface area contributed by atoms with E-state index in [9.17, 15) is 32.8 Å². The Balaban J connectivity index is 1.38. The van der Waals surface area contributed by atoms with Gasteiger partial charge in [-0.25, -0.2) is 22.3 Å².